The van der Waals surface area contributed by atoms with Crippen molar-refractivity contribution in [3.63, 3.8) is 0 Å². The minimum atomic E-state index is -0.170. The molecular formula is C20H20N2O2. The third kappa shape index (κ3) is 3.54. The van der Waals surface area contributed by atoms with E-state index < -0.39 is 0 Å². The van der Waals surface area contributed by atoms with E-state index in [2.05, 4.69) is 10.3 Å². The summed E-state index contributed by atoms with van der Waals surface area (Å²) in [5.41, 5.74) is 2.90. The van der Waals surface area contributed by atoms with Crippen molar-refractivity contribution in [3.8, 4) is 5.75 Å². The number of nitrogens with one attached hydrogen (secondary N) is 1. The molecule has 1 aromatic heterocycles. The molecule has 0 bridgehead atoms. The summed E-state index contributed by atoms with van der Waals surface area (Å²) < 4.78 is 5.61. The number of rotatable bonds is 4. The Kier molecular flexibility index (Phi) is 4.47. The number of fused-ring (bicyclic) bond motifs is 1. The summed E-state index contributed by atoms with van der Waals surface area (Å²) in [7, 11) is 0. The highest BCUT2D eigenvalue weighted by molar-refractivity contribution is 6.11. The van der Waals surface area contributed by atoms with Crippen molar-refractivity contribution in [3.05, 3.63) is 65.9 Å². The SMILES string of the molecule is Cc1ccc2cccc(C(=O)Nc3ccc(OC(C)C)cc3)c2n1. The molecule has 1 amide bonds. The Labute approximate surface area is 141 Å². The van der Waals surface area contributed by atoms with Crippen molar-refractivity contribution in [2.24, 2.45) is 0 Å². The normalized spacial score (nSPS) is 10.8. The van der Waals surface area contributed by atoms with Crippen LogP contribution in [0, 0.1) is 6.92 Å². The van der Waals surface area contributed by atoms with Crippen LogP contribution >= 0.6 is 0 Å². The minimum Gasteiger partial charge on any atom is -0.491 e. The van der Waals surface area contributed by atoms with Gasteiger partial charge in [-0.3, -0.25) is 9.78 Å². The van der Waals surface area contributed by atoms with E-state index in [1.807, 2.05) is 69.3 Å². The van der Waals surface area contributed by atoms with Gasteiger partial charge in [-0.2, -0.15) is 0 Å². The van der Waals surface area contributed by atoms with Crippen molar-refractivity contribution < 1.29 is 9.53 Å². The van der Waals surface area contributed by atoms with Gasteiger partial charge in [0, 0.05) is 16.8 Å². The second-order valence-corrected chi connectivity index (χ2v) is 5.98. The lowest BCUT2D eigenvalue weighted by Crippen LogP contribution is -2.13. The molecular weight excluding hydrogens is 300 g/mol. The number of amides is 1. The number of anilines is 1. The van der Waals surface area contributed by atoms with Crippen LogP contribution in [0.4, 0.5) is 5.69 Å². The number of carbonyl (C=O) groups excluding carboxylic acids is 1. The molecule has 0 atom stereocenters. The molecule has 0 aliphatic heterocycles. The van der Waals surface area contributed by atoms with Crippen LogP contribution in [-0.4, -0.2) is 17.0 Å². The first-order chi connectivity index (χ1) is 11.5. The average molecular weight is 320 g/mol. The maximum Gasteiger partial charge on any atom is 0.257 e. The zero-order valence-corrected chi connectivity index (χ0v) is 14.0. The van der Waals surface area contributed by atoms with Gasteiger partial charge in [-0.15, -0.1) is 0 Å². The van der Waals surface area contributed by atoms with E-state index in [9.17, 15) is 4.79 Å². The van der Waals surface area contributed by atoms with Gasteiger partial charge < -0.3 is 10.1 Å². The molecule has 0 unspecified atom stereocenters. The Morgan fingerprint density at radius 2 is 1.79 bits per heavy atom. The smallest absolute Gasteiger partial charge is 0.257 e. The fraction of sp³-hybridized carbons (Fsp3) is 0.200. The molecule has 0 saturated heterocycles. The third-order valence-electron chi connectivity index (χ3n) is 3.59. The van der Waals surface area contributed by atoms with E-state index in [1.54, 1.807) is 6.07 Å². The maximum atomic E-state index is 12.6. The van der Waals surface area contributed by atoms with Crippen molar-refractivity contribution in [2.75, 3.05) is 5.32 Å². The van der Waals surface area contributed by atoms with Crippen molar-refractivity contribution >= 4 is 22.5 Å². The van der Waals surface area contributed by atoms with Crippen LogP contribution in [0.3, 0.4) is 0 Å². The number of ether oxygens (including phenoxy) is 1. The van der Waals surface area contributed by atoms with Crippen LogP contribution < -0.4 is 10.1 Å². The van der Waals surface area contributed by atoms with Crippen LogP contribution in [-0.2, 0) is 0 Å². The van der Waals surface area contributed by atoms with Gasteiger partial charge >= 0.3 is 0 Å². The summed E-state index contributed by atoms with van der Waals surface area (Å²) in [5, 5.41) is 3.87. The number of carbonyl (C=O) groups is 1. The second kappa shape index (κ2) is 6.71. The van der Waals surface area contributed by atoms with Gasteiger partial charge in [0.05, 0.1) is 17.2 Å². The lowest BCUT2D eigenvalue weighted by molar-refractivity contribution is 0.102. The minimum absolute atomic E-state index is 0.121. The Morgan fingerprint density at radius 3 is 2.50 bits per heavy atom. The van der Waals surface area contributed by atoms with Gasteiger partial charge in [0.25, 0.3) is 5.91 Å². The first-order valence-corrected chi connectivity index (χ1v) is 7.97. The maximum absolute atomic E-state index is 12.6. The number of aryl methyl sites for hydroxylation is 1. The molecule has 3 aromatic rings. The first kappa shape index (κ1) is 16.0. The van der Waals surface area contributed by atoms with E-state index in [1.165, 1.54) is 0 Å². The van der Waals surface area contributed by atoms with Crippen molar-refractivity contribution in [1.82, 2.24) is 4.98 Å². The van der Waals surface area contributed by atoms with E-state index >= 15 is 0 Å². The monoisotopic (exact) mass is 320 g/mol. The zero-order valence-electron chi connectivity index (χ0n) is 14.0. The summed E-state index contributed by atoms with van der Waals surface area (Å²) in [5.74, 6) is 0.613. The molecule has 122 valence electrons. The number of hydrogen-bond acceptors (Lipinski definition) is 3. The van der Waals surface area contributed by atoms with E-state index in [-0.39, 0.29) is 12.0 Å². The number of hydrogen-bond donors (Lipinski definition) is 1. The predicted molar refractivity (Wildman–Crippen MR) is 96.6 cm³/mol. The third-order valence-corrected chi connectivity index (χ3v) is 3.59. The van der Waals surface area contributed by atoms with Crippen LogP contribution in [0.25, 0.3) is 10.9 Å². The number of pyridine rings is 1. The van der Waals surface area contributed by atoms with Crippen LogP contribution in [0.2, 0.25) is 0 Å². The molecule has 3 rings (SSSR count). The molecule has 2 aromatic carbocycles. The van der Waals surface area contributed by atoms with Gasteiger partial charge in [0.15, 0.2) is 0 Å². The van der Waals surface area contributed by atoms with E-state index in [4.69, 9.17) is 4.74 Å². The zero-order chi connectivity index (χ0) is 17.1. The van der Waals surface area contributed by atoms with Gasteiger partial charge in [-0.1, -0.05) is 18.2 Å². The summed E-state index contributed by atoms with van der Waals surface area (Å²) in [6, 6.07) is 16.9. The first-order valence-electron chi connectivity index (χ1n) is 7.97. The quantitative estimate of drug-likeness (QED) is 0.765. The Bertz CT molecular complexity index is 870. The van der Waals surface area contributed by atoms with Gasteiger partial charge in [0.2, 0.25) is 0 Å². The molecule has 0 saturated carbocycles. The number of aromatic nitrogens is 1. The Hall–Kier alpha value is -2.88. The molecule has 0 aliphatic rings. The summed E-state index contributed by atoms with van der Waals surface area (Å²) in [4.78, 5) is 17.1. The van der Waals surface area contributed by atoms with Crippen LogP contribution in [0.15, 0.2) is 54.6 Å². The van der Waals surface area contributed by atoms with Crippen LogP contribution in [0.5, 0.6) is 5.75 Å². The molecule has 0 radical (unpaired) electrons. The van der Waals surface area contributed by atoms with Gasteiger partial charge in [0.1, 0.15) is 5.75 Å². The van der Waals surface area contributed by atoms with Gasteiger partial charge in [-0.05, 0) is 57.2 Å². The molecule has 0 fully saturated rings. The average Bonchev–Trinajstić information content (AvgIpc) is 2.55. The van der Waals surface area contributed by atoms with E-state index in [0.717, 1.165) is 28.0 Å². The highest BCUT2D eigenvalue weighted by Crippen LogP contribution is 2.21. The van der Waals surface area contributed by atoms with Gasteiger partial charge in [-0.25, -0.2) is 0 Å². The molecule has 1 heterocycles. The number of para-hydroxylation sites is 1. The predicted octanol–water partition coefficient (Wildman–Crippen LogP) is 4.58. The number of nitrogens with zero attached hydrogens (tertiary/aromatic N) is 1. The molecule has 4 nitrogen and oxygen atoms in total. The summed E-state index contributed by atoms with van der Waals surface area (Å²) in [6.07, 6.45) is 0.121. The fourth-order valence-electron chi connectivity index (χ4n) is 2.52. The summed E-state index contributed by atoms with van der Waals surface area (Å²) >= 11 is 0. The van der Waals surface area contributed by atoms with E-state index in [0.29, 0.717) is 5.56 Å². The highest BCUT2D eigenvalue weighted by Gasteiger charge is 2.11. The van der Waals surface area contributed by atoms with Crippen LogP contribution in [0.1, 0.15) is 29.9 Å². The summed E-state index contributed by atoms with van der Waals surface area (Å²) in [6.45, 7) is 5.87. The molecule has 1 N–H and O–H groups in total. The molecule has 0 aliphatic carbocycles. The topological polar surface area (TPSA) is 51.2 Å². The lowest BCUT2D eigenvalue weighted by Gasteiger charge is -2.11. The fourth-order valence-corrected chi connectivity index (χ4v) is 2.52. The number of benzene rings is 2. The second-order valence-electron chi connectivity index (χ2n) is 5.98. The van der Waals surface area contributed by atoms with Crippen molar-refractivity contribution in [1.29, 1.82) is 0 Å². The van der Waals surface area contributed by atoms with Crippen molar-refractivity contribution in [2.45, 2.75) is 26.9 Å². The Morgan fingerprint density at radius 1 is 1.04 bits per heavy atom. The Balaban J connectivity index is 1.84. The highest BCUT2D eigenvalue weighted by atomic mass is 16.5. The largest absolute Gasteiger partial charge is 0.491 e. The molecule has 4 heteroatoms. The lowest BCUT2D eigenvalue weighted by atomic mass is 10.1. The molecule has 24 heavy (non-hydrogen) atoms. The standard InChI is InChI=1S/C20H20N2O2/c1-13(2)24-17-11-9-16(10-12-17)22-20(23)18-6-4-5-15-8-7-14(3)21-19(15)18/h4-13H,1-3H3,(H,22,23). The molecule has 0 spiro atoms.